The molecule has 1 aliphatic rings. The predicted octanol–water partition coefficient (Wildman–Crippen LogP) is 5.75. The number of pyridine rings is 1. The molecule has 2 aromatic rings. The van der Waals surface area contributed by atoms with Gasteiger partial charge in [-0.15, -0.1) is 0 Å². The van der Waals surface area contributed by atoms with Crippen molar-refractivity contribution in [3.05, 3.63) is 34.0 Å². The van der Waals surface area contributed by atoms with Gasteiger partial charge in [-0.05, 0) is 52.3 Å². The fourth-order valence-electron chi connectivity index (χ4n) is 3.86. The normalized spacial score (nSPS) is 14.4. The van der Waals surface area contributed by atoms with Gasteiger partial charge in [0, 0.05) is 34.3 Å². The summed E-state index contributed by atoms with van der Waals surface area (Å²) in [5.74, 6) is -0.387. The van der Waals surface area contributed by atoms with Crippen molar-refractivity contribution >= 4 is 35.0 Å². The van der Waals surface area contributed by atoms with E-state index in [1.165, 1.54) is 0 Å². The van der Waals surface area contributed by atoms with Gasteiger partial charge >= 0.3 is 5.97 Å². The van der Waals surface area contributed by atoms with Crippen molar-refractivity contribution in [3.8, 4) is 16.9 Å². The zero-order chi connectivity index (χ0) is 26.3. The molecule has 3 N–H and O–H groups in total. The van der Waals surface area contributed by atoms with Gasteiger partial charge in [0.2, 0.25) is 5.91 Å². The highest BCUT2D eigenvalue weighted by molar-refractivity contribution is 6.36. The van der Waals surface area contributed by atoms with Crippen LogP contribution in [0, 0.1) is 19.3 Å². The number of nitrogens with zero attached hydrogens (tertiary/aromatic N) is 1. The number of carbonyl (C=O) groups is 2. The molecule has 1 aromatic heterocycles. The molecule has 0 aliphatic carbocycles. The Morgan fingerprint density at radius 3 is 2.43 bits per heavy atom. The van der Waals surface area contributed by atoms with E-state index < -0.39 is 23.1 Å². The van der Waals surface area contributed by atoms with Crippen molar-refractivity contribution in [3.63, 3.8) is 0 Å². The molecule has 35 heavy (non-hydrogen) atoms. The number of fused-ring (bicyclic) bond motifs is 1. The quantitative estimate of drug-likeness (QED) is 0.476. The van der Waals surface area contributed by atoms with Crippen LogP contribution in [0.5, 0.6) is 5.75 Å². The van der Waals surface area contributed by atoms with Gasteiger partial charge in [0.15, 0.2) is 6.10 Å². The van der Waals surface area contributed by atoms with Crippen LogP contribution in [0.2, 0.25) is 5.02 Å². The Balaban J connectivity index is 2.34. The maximum absolute atomic E-state index is 12.8. The van der Waals surface area contributed by atoms with E-state index in [1.54, 1.807) is 46.8 Å². The van der Waals surface area contributed by atoms with Crippen molar-refractivity contribution in [1.82, 2.24) is 4.98 Å². The number of hydrogen-bond donors (Lipinski definition) is 3. The number of carboxylic acid groups (broad SMARTS) is 1. The number of benzene rings is 1. The monoisotopic (exact) mass is 503 g/mol. The molecule has 0 fully saturated rings. The van der Waals surface area contributed by atoms with E-state index in [0.29, 0.717) is 63.4 Å². The van der Waals surface area contributed by atoms with E-state index in [9.17, 15) is 14.7 Å². The fourth-order valence-corrected chi connectivity index (χ4v) is 4.17. The SMILES string of the molecule is Cc1nc(NC(=O)C(C)(C)C)c(C)c(-c2ccc3c(c2Cl)NCCO3)c1[C@H](OC(C)(C)C)C(=O)O. The summed E-state index contributed by atoms with van der Waals surface area (Å²) < 4.78 is 11.7. The predicted molar refractivity (Wildman–Crippen MR) is 137 cm³/mol. The highest BCUT2D eigenvalue weighted by Gasteiger charge is 2.34. The smallest absolute Gasteiger partial charge is 0.337 e. The van der Waals surface area contributed by atoms with Crippen LogP contribution in [-0.4, -0.2) is 40.7 Å². The van der Waals surface area contributed by atoms with Crippen LogP contribution in [0.3, 0.4) is 0 Å². The van der Waals surface area contributed by atoms with Gasteiger partial charge in [0.1, 0.15) is 18.2 Å². The van der Waals surface area contributed by atoms with E-state index in [1.807, 2.05) is 20.8 Å². The van der Waals surface area contributed by atoms with E-state index in [0.717, 1.165) is 0 Å². The second kappa shape index (κ2) is 9.66. The first-order valence-corrected chi connectivity index (χ1v) is 11.9. The first-order chi connectivity index (χ1) is 16.1. The van der Waals surface area contributed by atoms with Crippen molar-refractivity contribution < 1.29 is 24.2 Å². The molecule has 2 heterocycles. The maximum atomic E-state index is 12.8. The largest absolute Gasteiger partial charge is 0.490 e. The summed E-state index contributed by atoms with van der Waals surface area (Å²) in [5, 5.41) is 16.7. The van der Waals surface area contributed by atoms with Crippen molar-refractivity contribution in [2.75, 3.05) is 23.8 Å². The number of carbonyl (C=O) groups excluding carboxylic acids is 1. The summed E-state index contributed by atoms with van der Waals surface area (Å²) in [4.78, 5) is 29.8. The minimum Gasteiger partial charge on any atom is -0.490 e. The molecule has 0 unspecified atom stereocenters. The molecule has 190 valence electrons. The van der Waals surface area contributed by atoms with E-state index >= 15 is 0 Å². The number of nitrogens with one attached hydrogen (secondary N) is 2. The number of ether oxygens (including phenoxy) is 2. The van der Waals surface area contributed by atoms with Gasteiger partial charge in [-0.1, -0.05) is 32.4 Å². The van der Waals surface area contributed by atoms with E-state index in [-0.39, 0.29) is 5.91 Å². The number of rotatable bonds is 5. The Hall–Kier alpha value is -2.84. The summed E-state index contributed by atoms with van der Waals surface area (Å²) in [6.07, 6.45) is -1.31. The molecular weight excluding hydrogens is 470 g/mol. The first-order valence-electron chi connectivity index (χ1n) is 11.5. The summed E-state index contributed by atoms with van der Waals surface area (Å²) >= 11 is 6.87. The second-order valence-corrected chi connectivity index (χ2v) is 11.1. The zero-order valence-corrected chi connectivity index (χ0v) is 22.3. The van der Waals surface area contributed by atoms with Gasteiger partial charge in [-0.25, -0.2) is 9.78 Å². The number of carboxylic acids is 1. The summed E-state index contributed by atoms with van der Waals surface area (Å²) in [7, 11) is 0. The lowest BCUT2D eigenvalue weighted by molar-refractivity contribution is -0.160. The summed E-state index contributed by atoms with van der Waals surface area (Å²) in [5.41, 5.74) is 1.79. The number of anilines is 2. The highest BCUT2D eigenvalue weighted by atomic mass is 35.5. The number of aliphatic carboxylic acids is 1. The topological polar surface area (TPSA) is 110 Å². The number of hydrogen-bond acceptors (Lipinski definition) is 6. The van der Waals surface area contributed by atoms with Crippen LogP contribution in [0.15, 0.2) is 12.1 Å². The average Bonchev–Trinajstić information content (AvgIpc) is 2.74. The molecule has 1 amide bonds. The second-order valence-electron chi connectivity index (χ2n) is 10.7. The van der Waals surface area contributed by atoms with Crippen LogP contribution in [0.4, 0.5) is 11.5 Å². The lowest BCUT2D eigenvalue weighted by Gasteiger charge is -2.30. The van der Waals surface area contributed by atoms with Gasteiger partial charge < -0.3 is 25.2 Å². The molecule has 0 bridgehead atoms. The van der Waals surface area contributed by atoms with Crippen molar-refractivity contribution in [1.29, 1.82) is 0 Å². The molecule has 1 aliphatic heterocycles. The maximum Gasteiger partial charge on any atom is 0.337 e. The zero-order valence-electron chi connectivity index (χ0n) is 21.6. The molecule has 1 atom stereocenters. The van der Waals surface area contributed by atoms with Crippen LogP contribution in [-0.2, 0) is 14.3 Å². The number of amides is 1. The van der Waals surface area contributed by atoms with Gasteiger partial charge in [0.05, 0.1) is 16.3 Å². The van der Waals surface area contributed by atoms with Gasteiger partial charge in [-0.3, -0.25) is 4.79 Å². The number of halogens is 1. The molecule has 8 nitrogen and oxygen atoms in total. The molecule has 0 radical (unpaired) electrons. The lowest BCUT2D eigenvalue weighted by Crippen LogP contribution is -2.30. The van der Waals surface area contributed by atoms with Crippen LogP contribution >= 0.6 is 11.6 Å². The first kappa shape index (κ1) is 26.8. The highest BCUT2D eigenvalue weighted by Crippen LogP contribution is 2.46. The Morgan fingerprint density at radius 2 is 1.86 bits per heavy atom. The lowest BCUT2D eigenvalue weighted by atomic mass is 9.90. The van der Waals surface area contributed by atoms with Crippen LogP contribution in [0.1, 0.15) is 64.5 Å². The number of aromatic nitrogens is 1. The third-order valence-electron chi connectivity index (χ3n) is 5.57. The molecular formula is C26H34ClN3O5. The molecule has 3 rings (SSSR count). The van der Waals surface area contributed by atoms with E-state index in [2.05, 4.69) is 15.6 Å². The molecule has 0 spiro atoms. The standard InChI is InChI=1S/C26H34ClN3O5/c1-13-17(15-9-10-16-20(19(15)27)28-11-12-34-16)18(21(23(31)32)35-26(6,7)8)14(2)29-22(13)30-24(33)25(3,4)5/h9-10,21,28H,11-12H2,1-8H3,(H,31,32)(H,29,30,33)/t21-/m0/s1. The minimum atomic E-state index is -1.31. The average molecular weight is 504 g/mol. The third kappa shape index (κ3) is 5.70. The minimum absolute atomic E-state index is 0.210. The van der Waals surface area contributed by atoms with Gasteiger partial charge in [-0.2, -0.15) is 0 Å². The van der Waals surface area contributed by atoms with E-state index in [4.69, 9.17) is 21.1 Å². The van der Waals surface area contributed by atoms with Gasteiger partial charge in [0.25, 0.3) is 0 Å². The summed E-state index contributed by atoms with van der Waals surface area (Å²) in [6.45, 7) is 15.4. The molecule has 9 heteroatoms. The Kier molecular flexibility index (Phi) is 7.39. The Bertz CT molecular complexity index is 1170. The van der Waals surface area contributed by atoms with Crippen molar-refractivity contribution in [2.24, 2.45) is 5.41 Å². The number of aryl methyl sites for hydroxylation is 1. The third-order valence-corrected chi connectivity index (χ3v) is 5.97. The van der Waals surface area contributed by atoms with Crippen LogP contribution in [0.25, 0.3) is 11.1 Å². The van der Waals surface area contributed by atoms with Crippen molar-refractivity contribution in [2.45, 2.75) is 67.1 Å². The fraction of sp³-hybridized carbons (Fsp3) is 0.500. The Morgan fingerprint density at radius 1 is 1.20 bits per heavy atom. The summed E-state index contributed by atoms with van der Waals surface area (Å²) in [6, 6.07) is 3.60. The van der Waals surface area contributed by atoms with Crippen LogP contribution < -0.4 is 15.4 Å². The molecule has 0 saturated heterocycles. The Labute approximate surface area is 211 Å². The molecule has 1 aromatic carbocycles. The molecule has 0 saturated carbocycles.